The third kappa shape index (κ3) is 3.72. The van der Waals surface area contributed by atoms with Crippen molar-refractivity contribution in [3.63, 3.8) is 0 Å². The van der Waals surface area contributed by atoms with Crippen LogP contribution in [0.2, 0.25) is 0 Å². The number of anilines is 1. The number of urea groups is 1. The zero-order valence-electron chi connectivity index (χ0n) is 15.0. The second-order valence-corrected chi connectivity index (χ2v) is 7.50. The largest absolute Gasteiger partial charge is 0.481 e. The van der Waals surface area contributed by atoms with Gasteiger partial charge in [-0.3, -0.25) is 4.79 Å². The van der Waals surface area contributed by atoms with Crippen molar-refractivity contribution in [2.75, 3.05) is 31.1 Å². The van der Waals surface area contributed by atoms with E-state index < -0.39 is 11.4 Å². The molecule has 2 heterocycles. The number of nitrogens with zero attached hydrogens (tertiary/aromatic N) is 2. The Kier molecular flexibility index (Phi) is 4.88. The van der Waals surface area contributed by atoms with Crippen LogP contribution >= 0.6 is 0 Å². The predicted octanol–water partition coefficient (Wildman–Crippen LogP) is 2.85. The quantitative estimate of drug-likeness (QED) is 0.880. The maximum atomic E-state index is 12.5. The fourth-order valence-electron chi connectivity index (χ4n) is 3.63. The van der Waals surface area contributed by atoms with Gasteiger partial charge in [0.2, 0.25) is 0 Å². The molecule has 0 saturated carbocycles. The molecule has 2 N–H and O–H groups in total. The lowest BCUT2D eigenvalue weighted by atomic mass is 9.90. The van der Waals surface area contributed by atoms with E-state index in [9.17, 15) is 14.7 Å². The minimum atomic E-state index is -0.839. The summed E-state index contributed by atoms with van der Waals surface area (Å²) < 4.78 is 0. The van der Waals surface area contributed by atoms with Crippen LogP contribution in [-0.2, 0) is 4.79 Å². The van der Waals surface area contributed by atoms with Crippen LogP contribution in [0.25, 0.3) is 0 Å². The molecular formula is C19H27N3O3. The maximum absolute atomic E-state index is 12.5. The molecule has 0 bridgehead atoms. The van der Waals surface area contributed by atoms with E-state index in [-0.39, 0.29) is 18.6 Å². The molecule has 136 valence electrons. The van der Waals surface area contributed by atoms with E-state index in [1.807, 2.05) is 19.1 Å². The van der Waals surface area contributed by atoms with Crippen molar-refractivity contribution in [1.29, 1.82) is 0 Å². The average Bonchev–Trinajstić information content (AvgIpc) is 3.25. The molecule has 2 fully saturated rings. The molecule has 1 aromatic rings. The zero-order valence-corrected chi connectivity index (χ0v) is 15.0. The van der Waals surface area contributed by atoms with Crippen LogP contribution in [0, 0.1) is 5.41 Å². The number of carboxylic acids is 1. The van der Waals surface area contributed by atoms with Crippen molar-refractivity contribution in [1.82, 2.24) is 10.2 Å². The van der Waals surface area contributed by atoms with Crippen LogP contribution in [0.3, 0.4) is 0 Å². The molecule has 0 aliphatic carbocycles. The van der Waals surface area contributed by atoms with E-state index in [1.54, 1.807) is 11.8 Å². The molecule has 2 atom stereocenters. The number of likely N-dealkylation sites (tertiary alicyclic amines) is 1. The van der Waals surface area contributed by atoms with Crippen LogP contribution < -0.4 is 10.2 Å². The van der Waals surface area contributed by atoms with Gasteiger partial charge in [0, 0.05) is 31.9 Å². The summed E-state index contributed by atoms with van der Waals surface area (Å²) in [6.07, 6.45) is 2.95. The second kappa shape index (κ2) is 6.94. The standard InChI is InChI=1S/C19H27N3O3/c1-14(15-6-5-7-16(12-15)21-9-3-4-10-21)20-18(25)22-11-8-19(2,13-22)17(23)24/h5-7,12,14H,3-4,8-11,13H2,1-2H3,(H,20,25)(H,23,24). The molecule has 0 spiro atoms. The molecular weight excluding hydrogens is 318 g/mol. The van der Waals surface area contributed by atoms with Crippen LogP contribution in [-0.4, -0.2) is 48.2 Å². The van der Waals surface area contributed by atoms with Crippen molar-refractivity contribution in [3.8, 4) is 0 Å². The van der Waals surface area contributed by atoms with Crippen molar-refractivity contribution in [2.45, 2.75) is 39.2 Å². The first-order valence-corrected chi connectivity index (χ1v) is 9.03. The number of nitrogens with one attached hydrogen (secondary N) is 1. The summed E-state index contributed by atoms with van der Waals surface area (Å²) in [5.74, 6) is -0.839. The molecule has 0 aromatic heterocycles. The van der Waals surface area contributed by atoms with Crippen LogP contribution in [0.5, 0.6) is 0 Å². The Hall–Kier alpha value is -2.24. The van der Waals surface area contributed by atoms with Gasteiger partial charge < -0.3 is 20.2 Å². The molecule has 0 radical (unpaired) electrons. The molecule has 2 saturated heterocycles. The Morgan fingerprint density at radius 3 is 2.60 bits per heavy atom. The lowest BCUT2D eigenvalue weighted by molar-refractivity contribution is -0.147. The second-order valence-electron chi connectivity index (χ2n) is 7.50. The fourth-order valence-corrected chi connectivity index (χ4v) is 3.63. The normalized spacial score (nSPS) is 24.4. The highest BCUT2D eigenvalue weighted by molar-refractivity contribution is 5.79. The highest BCUT2D eigenvalue weighted by atomic mass is 16.4. The van der Waals surface area contributed by atoms with Crippen molar-refractivity contribution < 1.29 is 14.7 Å². The van der Waals surface area contributed by atoms with E-state index in [1.165, 1.54) is 18.5 Å². The molecule has 2 aliphatic heterocycles. The van der Waals surface area contributed by atoms with Crippen molar-refractivity contribution in [3.05, 3.63) is 29.8 Å². The Morgan fingerprint density at radius 1 is 1.24 bits per heavy atom. The number of carbonyl (C=O) groups is 2. The Bertz CT molecular complexity index is 657. The predicted molar refractivity (Wildman–Crippen MR) is 96.8 cm³/mol. The number of benzene rings is 1. The summed E-state index contributed by atoms with van der Waals surface area (Å²) in [5.41, 5.74) is 1.43. The zero-order chi connectivity index (χ0) is 18.0. The molecule has 2 amide bonds. The molecule has 2 aliphatic rings. The Morgan fingerprint density at radius 2 is 1.96 bits per heavy atom. The smallest absolute Gasteiger partial charge is 0.317 e. The van der Waals surface area contributed by atoms with E-state index in [2.05, 4.69) is 22.3 Å². The van der Waals surface area contributed by atoms with Crippen molar-refractivity contribution in [2.24, 2.45) is 5.41 Å². The lowest BCUT2D eigenvalue weighted by Crippen LogP contribution is -2.41. The third-order valence-electron chi connectivity index (χ3n) is 5.46. The summed E-state index contributed by atoms with van der Waals surface area (Å²) >= 11 is 0. The summed E-state index contributed by atoms with van der Waals surface area (Å²) in [5, 5.41) is 12.3. The van der Waals surface area contributed by atoms with Gasteiger partial charge in [-0.15, -0.1) is 0 Å². The molecule has 6 heteroatoms. The number of amides is 2. The number of carbonyl (C=O) groups excluding carboxylic acids is 1. The lowest BCUT2D eigenvalue weighted by Gasteiger charge is -2.24. The number of hydrogen-bond acceptors (Lipinski definition) is 3. The minimum absolute atomic E-state index is 0.119. The Balaban J connectivity index is 1.62. The Labute approximate surface area is 148 Å². The molecule has 1 aromatic carbocycles. The van der Waals surface area contributed by atoms with E-state index in [0.717, 1.165) is 18.7 Å². The number of aliphatic carboxylic acids is 1. The molecule has 3 rings (SSSR count). The van der Waals surface area contributed by atoms with Crippen LogP contribution in [0.4, 0.5) is 10.5 Å². The van der Waals surface area contributed by atoms with Gasteiger partial charge >= 0.3 is 12.0 Å². The van der Waals surface area contributed by atoms with Gasteiger partial charge in [-0.1, -0.05) is 12.1 Å². The highest BCUT2D eigenvalue weighted by Gasteiger charge is 2.42. The first-order chi connectivity index (χ1) is 11.9. The van der Waals surface area contributed by atoms with Gasteiger partial charge in [0.1, 0.15) is 0 Å². The highest BCUT2D eigenvalue weighted by Crippen LogP contribution is 2.30. The average molecular weight is 345 g/mol. The molecule has 2 unspecified atom stereocenters. The number of hydrogen-bond donors (Lipinski definition) is 2. The first kappa shape index (κ1) is 17.6. The van der Waals surface area contributed by atoms with E-state index in [0.29, 0.717) is 13.0 Å². The van der Waals surface area contributed by atoms with Gasteiger partial charge in [-0.25, -0.2) is 4.79 Å². The van der Waals surface area contributed by atoms with Gasteiger partial charge in [-0.2, -0.15) is 0 Å². The van der Waals surface area contributed by atoms with E-state index in [4.69, 9.17) is 0 Å². The molecule has 6 nitrogen and oxygen atoms in total. The summed E-state index contributed by atoms with van der Waals surface area (Å²) in [4.78, 5) is 27.8. The topological polar surface area (TPSA) is 72.9 Å². The monoisotopic (exact) mass is 345 g/mol. The van der Waals surface area contributed by atoms with E-state index >= 15 is 0 Å². The van der Waals surface area contributed by atoms with Crippen molar-refractivity contribution >= 4 is 17.7 Å². The summed E-state index contributed by atoms with van der Waals surface area (Å²) in [7, 11) is 0. The number of rotatable bonds is 4. The minimum Gasteiger partial charge on any atom is -0.481 e. The fraction of sp³-hybridized carbons (Fsp3) is 0.579. The SMILES string of the molecule is CC(NC(=O)N1CCC(C)(C(=O)O)C1)c1cccc(N2CCCC2)c1. The molecule has 25 heavy (non-hydrogen) atoms. The number of carboxylic acid groups (broad SMARTS) is 1. The van der Waals surface area contributed by atoms with Gasteiger partial charge in [0.05, 0.1) is 11.5 Å². The first-order valence-electron chi connectivity index (χ1n) is 9.03. The summed E-state index contributed by atoms with van der Waals surface area (Å²) in [6, 6.07) is 8.00. The van der Waals surface area contributed by atoms with Gasteiger partial charge in [-0.05, 0) is 50.8 Å². The van der Waals surface area contributed by atoms with Gasteiger partial charge in [0.25, 0.3) is 0 Å². The third-order valence-corrected chi connectivity index (χ3v) is 5.46. The maximum Gasteiger partial charge on any atom is 0.317 e. The van der Waals surface area contributed by atoms with Crippen LogP contribution in [0.15, 0.2) is 24.3 Å². The summed E-state index contributed by atoms with van der Waals surface area (Å²) in [6.45, 7) is 6.58. The van der Waals surface area contributed by atoms with Gasteiger partial charge in [0.15, 0.2) is 0 Å². The van der Waals surface area contributed by atoms with Crippen LogP contribution in [0.1, 0.15) is 44.7 Å².